The van der Waals surface area contributed by atoms with Crippen molar-refractivity contribution < 1.29 is 14.0 Å². The second-order valence-corrected chi connectivity index (χ2v) is 10.5. The van der Waals surface area contributed by atoms with Crippen LogP contribution in [0.25, 0.3) is 10.4 Å². The number of anilines is 1. The molecule has 4 aromatic rings. The number of amides is 2. The Balaban J connectivity index is 1.68. The lowest BCUT2D eigenvalue weighted by atomic mass is 9.85. The summed E-state index contributed by atoms with van der Waals surface area (Å²) < 4.78 is 14.1. The van der Waals surface area contributed by atoms with E-state index in [9.17, 15) is 14.0 Å². The number of aromatic nitrogens is 2. The zero-order chi connectivity index (χ0) is 25.1. The smallest absolute Gasteiger partial charge is 0.254 e. The number of halogens is 2. The maximum absolute atomic E-state index is 14.1. The van der Waals surface area contributed by atoms with Crippen LogP contribution in [0.1, 0.15) is 33.6 Å². The molecule has 0 unspecified atom stereocenters. The molecule has 0 spiro atoms. The minimum Gasteiger partial charge on any atom is -0.345 e. The van der Waals surface area contributed by atoms with Crippen molar-refractivity contribution >= 4 is 51.2 Å². The van der Waals surface area contributed by atoms with Gasteiger partial charge in [-0.1, -0.05) is 48.1 Å². The van der Waals surface area contributed by atoms with Crippen molar-refractivity contribution in [3.63, 3.8) is 0 Å². The SMILES string of the molecule is C[C@@H](C(=O)Nc1nncs1)[C@@H](c1cccc(F)c1)c1ccc(-c2ccc(C(=O)N(C)C)c(Cl)c2)s1. The highest BCUT2D eigenvalue weighted by molar-refractivity contribution is 7.15. The Morgan fingerprint density at radius 2 is 1.91 bits per heavy atom. The molecule has 2 atom stereocenters. The second kappa shape index (κ2) is 10.6. The number of nitrogens with zero attached hydrogens (tertiary/aromatic N) is 3. The Bertz CT molecular complexity index is 1360. The van der Waals surface area contributed by atoms with Crippen LogP contribution in [0.5, 0.6) is 0 Å². The van der Waals surface area contributed by atoms with E-state index in [2.05, 4.69) is 15.5 Å². The highest BCUT2D eigenvalue weighted by Crippen LogP contribution is 2.40. The molecule has 4 rings (SSSR count). The Labute approximate surface area is 215 Å². The molecule has 2 aromatic carbocycles. The van der Waals surface area contributed by atoms with Gasteiger partial charge in [0, 0.05) is 35.7 Å². The van der Waals surface area contributed by atoms with Crippen molar-refractivity contribution in [1.82, 2.24) is 15.1 Å². The summed E-state index contributed by atoms with van der Waals surface area (Å²) in [5.41, 5.74) is 3.52. The first-order chi connectivity index (χ1) is 16.7. The molecule has 0 fully saturated rings. The second-order valence-electron chi connectivity index (χ2n) is 8.15. The van der Waals surface area contributed by atoms with Gasteiger partial charge < -0.3 is 10.2 Å². The van der Waals surface area contributed by atoms with E-state index in [1.807, 2.05) is 31.2 Å². The lowest BCUT2D eigenvalue weighted by Crippen LogP contribution is -2.26. The molecule has 0 radical (unpaired) electrons. The molecule has 0 bridgehead atoms. The highest BCUT2D eigenvalue weighted by Gasteiger charge is 2.29. The van der Waals surface area contributed by atoms with E-state index in [4.69, 9.17) is 11.6 Å². The van der Waals surface area contributed by atoms with Gasteiger partial charge in [-0.05, 0) is 47.5 Å². The average molecular weight is 529 g/mol. The topological polar surface area (TPSA) is 75.2 Å². The minimum absolute atomic E-state index is 0.171. The molecule has 0 aliphatic heterocycles. The van der Waals surface area contributed by atoms with Gasteiger partial charge in [0.15, 0.2) is 0 Å². The molecule has 35 heavy (non-hydrogen) atoms. The summed E-state index contributed by atoms with van der Waals surface area (Å²) in [7, 11) is 3.35. The number of carbonyl (C=O) groups is 2. The number of carbonyl (C=O) groups excluding carboxylic acids is 2. The molecule has 0 aliphatic rings. The zero-order valence-electron chi connectivity index (χ0n) is 19.2. The molecule has 180 valence electrons. The quantitative estimate of drug-likeness (QED) is 0.311. The predicted octanol–water partition coefficient (Wildman–Crippen LogP) is 6.17. The fraction of sp³-hybridized carbons (Fsp3) is 0.200. The first-order valence-corrected chi connectivity index (χ1v) is 12.8. The lowest BCUT2D eigenvalue weighted by Gasteiger charge is -2.22. The van der Waals surface area contributed by atoms with Crippen molar-refractivity contribution in [1.29, 1.82) is 0 Å². The van der Waals surface area contributed by atoms with Crippen LogP contribution in [0.2, 0.25) is 5.02 Å². The summed E-state index contributed by atoms with van der Waals surface area (Å²) in [5.74, 6) is -1.68. The van der Waals surface area contributed by atoms with E-state index in [1.54, 1.807) is 37.8 Å². The van der Waals surface area contributed by atoms with E-state index in [0.29, 0.717) is 21.3 Å². The summed E-state index contributed by atoms with van der Waals surface area (Å²) in [4.78, 5) is 28.7. The predicted molar refractivity (Wildman–Crippen MR) is 139 cm³/mol. The van der Waals surface area contributed by atoms with Crippen LogP contribution in [0.4, 0.5) is 9.52 Å². The summed E-state index contributed by atoms with van der Waals surface area (Å²) >= 11 is 9.14. The normalized spacial score (nSPS) is 12.7. The van der Waals surface area contributed by atoms with Crippen molar-refractivity contribution in [3.05, 3.63) is 87.0 Å². The molecule has 0 saturated carbocycles. The van der Waals surface area contributed by atoms with E-state index in [1.165, 1.54) is 39.7 Å². The van der Waals surface area contributed by atoms with Gasteiger partial charge >= 0.3 is 0 Å². The maximum atomic E-state index is 14.1. The van der Waals surface area contributed by atoms with E-state index in [0.717, 1.165) is 15.3 Å². The number of hydrogen-bond acceptors (Lipinski definition) is 6. The molecule has 0 aliphatic carbocycles. The van der Waals surface area contributed by atoms with Crippen LogP contribution in [-0.4, -0.2) is 41.0 Å². The van der Waals surface area contributed by atoms with Crippen LogP contribution in [-0.2, 0) is 4.79 Å². The van der Waals surface area contributed by atoms with Crippen LogP contribution < -0.4 is 5.32 Å². The largest absolute Gasteiger partial charge is 0.345 e. The zero-order valence-corrected chi connectivity index (χ0v) is 21.5. The molecule has 2 aromatic heterocycles. The number of benzene rings is 2. The van der Waals surface area contributed by atoms with Gasteiger partial charge in [-0.15, -0.1) is 21.5 Å². The molecule has 10 heteroatoms. The van der Waals surface area contributed by atoms with Gasteiger partial charge in [-0.25, -0.2) is 4.39 Å². The Morgan fingerprint density at radius 1 is 1.11 bits per heavy atom. The molecule has 2 heterocycles. The third-order valence-electron chi connectivity index (χ3n) is 5.54. The van der Waals surface area contributed by atoms with E-state index < -0.39 is 5.92 Å². The number of hydrogen-bond donors (Lipinski definition) is 1. The van der Waals surface area contributed by atoms with E-state index in [-0.39, 0.29) is 23.5 Å². The summed E-state index contributed by atoms with van der Waals surface area (Å²) in [5, 5.41) is 11.2. The first kappa shape index (κ1) is 25.0. The lowest BCUT2D eigenvalue weighted by molar-refractivity contribution is -0.119. The van der Waals surface area contributed by atoms with Gasteiger partial charge in [0.05, 0.1) is 10.6 Å². The monoisotopic (exact) mass is 528 g/mol. The van der Waals surface area contributed by atoms with Crippen molar-refractivity contribution in [2.45, 2.75) is 12.8 Å². The average Bonchev–Trinajstić information content (AvgIpc) is 3.51. The third kappa shape index (κ3) is 5.58. The number of rotatable bonds is 7. The molecule has 2 amide bonds. The molecule has 6 nitrogen and oxygen atoms in total. The Kier molecular flexibility index (Phi) is 7.59. The molecule has 0 saturated heterocycles. The summed E-state index contributed by atoms with van der Waals surface area (Å²) in [6.45, 7) is 1.81. The molecule has 1 N–H and O–H groups in total. The number of thiophene rings is 1. The van der Waals surface area contributed by atoms with Crippen LogP contribution in [0, 0.1) is 11.7 Å². The maximum Gasteiger partial charge on any atom is 0.254 e. The Morgan fingerprint density at radius 3 is 2.57 bits per heavy atom. The third-order valence-corrected chi connectivity index (χ3v) is 7.67. The van der Waals surface area contributed by atoms with Gasteiger partial charge in [0.2, 0.25) is 11.0 Å². The number of nitrogens with one attached hydrogen (secondary N) is 1. The van der Waals surface area contributed by atoms with Crippen molar-refractivity contribution in [3.8, 4) is 10.4 Å². The molecular weight excluding hydrogens is 507 g/mol. The minimum atomic E-state index is -0.518. The van der Waals surface area contributed by atoms with Crippen molar-refractivity contribution in [2.75, 3.05) is 19.4 Å². The summed E-state index contributed by atoms with van der Waals surface area (Å²) in [6.07, 6.45) is 0. The fourth-order valence-corrected chi connectivity index (χ4v) is 5.70. The van der Waals surface area contributed by atoms with Crippen molar-refractivity contribution in [2.24, 2.45) is 5.92 Å². The molecular formula is C25H22ClFN4O2S2. The van der Waals surface area contributed by atoms with Gasteiger partial charge in [-0.2, -0.15) is 0 Å². The Hall–Kier alpha value is -3.14. The summed E-state index contributed by atoms with van der Waals surface area (Å²) in [6, 6.07) is 15.5. The van der Waals surface area contributed by atoms with Crippen LogP contribution >= 0.6 is 34.3 Å². The van der Waals surface area contributed by atoms with E-state index >= 15 is 0 Å². The van der Waals surface area contributed by atoms with Gasteiger partial charge in [0.1, 0.15) is 11.3 Å². The fourth-order valence-electron chi connectivity index (χ4n) is 3.76. The standard InChI is InChI=1S/C25H22ClFN4O2S2/c1-14(23(32)29-25-30-28-13-34-25)22(16-5-4-6-17(27)11-16)21-10-9-20(35-21)15-7-8-18(19(26)12-15)24(33)31(2)3/h4-14,22H,1-3H3,(H,29,30,32)/t14-,22+/m1/s1. The van der Waals surface area contributed by atoms with Crippen LogP contribution in [0.15, 0.2) is 60.1 Å². The van der Waals surface area contributed by atoms with Gasteiger partial charge in [-0.3, -0.25) is 9.59 Å². The highest BCUT2D eigenvalue weighted by atomic mass is 35.5. The first-order valence-electron chi connectivity index (χ1n) is 10.7. The van der Waals surface area contributed by atoms with Gasteiger partial charge in [0.25, 0.3) is 5.91 Å². The van der Waals surface area contributed by atoms with Crippen LogP contribution in [0.3, 0.4) is 0 Å².